The Morgan fingerprint density at radius 2 is 1.70 bits per heavy atom. The lowest BCUT2D eigenvalue weighted by Gasteiger charge is -2.14. The molecule has 1 amide bonds. The molecule has 2 aromatic carbocycles. The maximum atomic E-state index is 12.3. The van der Waals surface area contributed by atoms with Gasteiger partial charge in [0, 0.05) is 12.0 Å². The van der Waals surface area contributed by atoms with Crippen molar-refractivity contribution >= 4 is 15.9 Å². The molecule has 0 radical (unpaired) electrons. The molecule has 8 heteroatoms. The molecule has 1 N–H and O–H groups in total. The predicted molar refractivity (Wildman–Crippen MR) is 98.2 cm³/mol. The molecule has 0 saturated heterocycles. The fraction of sp³-hybridized carbons (Fsp3) is 0.158. The van der Waals surface area contributed by atoms with Gasteiger partial charge in [0.25, 0.3) is 15.9 Å². The molecular formula is C19H18N2O5S. The Kier molecular flexibility index (Phi) is 5.11. The topological polar surface area (TPSA) is 101 Å². The van der Waals surface area contributed by atoms with Crippen LogP contribution in [0.4, 0.5) is 0 Å². The van der Waals surface area contributed by atoms with E-state index >= 15 is 0 Å². The van der Waals surface area contributed by atoms with E-state index < -0.39 is 15.9 Å². The minimum Gasteiger partial charge on any atom is -0.360 e. The number of aryl methyl sites for hydroxylation is 1. The van der Waals surface area contributed by atoms with Gasteiger partial charge in [-0.2, -0.15) is 8.42 Å². The van der Waals surface area contributed by atoms with Gasteiger partial charge < -0.3 is 4.52 Å². The summed E-state index contributed by atoms with van der Waals surface area (Å²) >= 11 is 0. The van der Waals surface area contributed by atoms with Crippen molar-refractivity contribution in [2.24, 2.45) is 0 Å². The smallest absolute Gasteiger partial charge is 0.289 e. The third-order valence-corrected chi connectivity index (χ3v) is 5.62. The van der Waals surface area contributed by atoms with Gasteiger partial charge >= 0.3 is 0 Å². The van der Waals surface area contributed by atoms with E-state index in [-0.39, 0.29) is 15.8 Å². The number of amides is 1. The molecule has 0 bridgehead atoms. The molecule has 3 aromatic rings. The van der Waals surface area contributed by atoms with E-state index in [2.05, 4.69) is 5.16 Å². The van der Waals surface area contributed by atoms with E-state index in [1.165, 1.54) is 19.1 Å². The molecule has 0 atom stereocenters. The normalized spacial score (nSPS) is 11.4. The first-order valence-electron chi connectivity index (χ1n) is 8.25. The number of benzene rings is 2. The summed E-state index contributed by atoms with van der Waals surface area (Å²) in [6, 6.07) is 15.3. The summed E-state index contributed by atoms with van der Waals surface area (Å²) < 4.78 is 29.7. The second kappa shape index (κ2) is 7.34. The average molecular weight is 386 g/mol. The van der Waals surface area contributed by atoms with Crippen LogP contribution in [-0.2, 0) is 14.8 Å². The number of nitrogens with zero attached hydrogens (tertiary/aromatic N) is 2. The zero-order valence-electron chi connectivity index (χ0n) is 14.8. The van der Waals surface area contributed by atoms with Crippen molar-refractivity contribution in [3.05, 3.63) is 60.4 Å². The van der Waals surface area contributed by atoms with E-state index in [0.29, 0.717) is 17.0 Å². The van der Waals surface area contributed by atoms with Crippen molar-refractivity contribution in [3.63, 3.8) is 0 Å². The van der Waals surface area contributed by atoms with Crippen molar-refractivity contribution < 1.29 is 22.9 Å². The molecule has 0 unspecified atom stereocenters. The second-order valence-electron chi connectivity index (χ2n) is 5.85. The fourth-order valence-corrected chi connectivity index (χ4v) is 3.74. The average Bonchev–Trinajstić information content (AvgIpc) is 3.09. The number of hydrogen-bond acceptors (Lipinski definition) is 6. The number of hydroxylamine groups is 1. The van der Waals surface area contributed by atoms with E-state index in [0.717, 1.165) is 11.1 Å². The van der Waals surface area contributed by atoms with E-state index in [9.17, 15) is 18.4 Å². The standard InChI is InChI=1S/C19H18N2O5S/c1-3-17(22)21(23)27(24,25)16-11-9-14(10-12-16)18-13(2)26-20-19(18)15-7-5-4-6-8-15/h4-12,23H,3H2,1-2H3. The molecule has 1 heterocycles. The zero-order valence-corrected chi connectivity index (χ0v) is 15.6. The molecule has 0 fully saturated rings. The highest BCUT2D eigenvalue weighted by Crippen LogP contribution is 2.34. The van der Waals surface area contributed by atoms with Crippen LogP contribution in [0.3, 0.4) is 0 Å². The lowest BCUT2D eigenvalue weighted by atomic mass is 10.00. The van der Waals surface area contributed by atoms with Gasteiger partial charge in [0.15, 0.2) is 0 Å². The molecule has 140 valence electrons. The first-order valence-corrected chi connectivity index (χ1v) is 9.69. The molecule has 0 aliphatic heterocycles. The summed E-state index contributed by atoms with van der Waals surface area (Å²) in [7, 11) is -4.31. The second-order valence-corrected chi connectivity index (χ2v) is 7.62. The van der Waals surface area contributed by atoms with Crippen LogP contribution in [0.2, 0.25) is 0 Å². The summed E-state index contributed by atoms with van der Waals surface area (Å²) in [5, 5.41) is 13.8. The summed E-state index contributed by atoms with van der Waals surface area (Å²) in [4.78, 5) is 11.3. The van der Waals surface area contributed by atoms with Crippen molar-refractivity contribution in [1.82, 2.24) is 9.63 Å². The van der Waals surface area contributed by atoms with Crippen LogP contribution in [0.25, 0.3) is 22.4 Å². The van der Waals surface area contributed by atoms with E-state index in [1.807, 2.05) is 30.3 Å². The summed E-state index contributed by atoms with van der Waals surface area (Å²) in [6.45, 7) is 3.23. The summed E-state index contributed by atoms with van der Waals surface area (Å²) in [5.41, 5.74) is 2.97. The molecule has 0 aliphatic rings. The number of rotatable bonds is 5. The maximum absolute atomic E-state index is 12.3. The van der Waals surface area contributed by atoms with E-state index in [4.69, 9.17) is 4.52 Å². The van der Waals surface area contributed by atoms with Crippen LogP contribution in [-0.4, -0.2) is 29.2 Å². The predicted octanol–water partition coefficient (Wildman–Crippen LogP) is 3.63. The molecule has 7 nitrogen and oxygen atoms in total. The Hall–Kier alpha value is -2.97. The van der Waals surface area contributed by atoms with Crippen LogP contribution < -0.4 is 0 Å². The molecule has 27 heavy (non-hydrogen) atoms. The van der Waals surface area contributed by atoms with Crippen molar-refractivity contribution in [2.45, 2.75) is 25.2 Å². The Labute approximate surface area is 156 Å². The maximum Gasteiger partial charge on any atom is 0.289 e. The van der Waals surface area contributed by atoms with Gasteiger partial charge in [0.05, 0.1) is 10.5 Å². The van der Waals surface area contributed by atoms with Gasteiger partial charge in [-0.25, -0.2) is 0 Å². The van der Waals surface area contributed by atoms with Crippen LogP contribution in [0.15, 0.2) is 64.0 Å². The number of hydrogen-bond donors (Lipinski definition) is 1. The van der Waals surface area contributed by atoms with Gasteiger partial charge in [-0.05, 0) is 24.6 Å². The number of carbonyl (C=O) groups excluding carboxylic acids is 1. The van der Waals surface area contributed by atoms with Crippen LogP contribution >= 0.6 is 0 Å². The fourth-order valence-electron chi connectivity index (χ4n) is 2.67. The summed E-state index contributed by atoms with van der Waals surface area (Å²) in [5.74, 6) is -0.310. The Balaban J connectivity index is 2.01. The molecular weight excluding hydrogens is 368 g/mol. The molecule has 0 saturated carbocycles. The van der Waals surface area contributed by atoms with Gasteiger partial charge in [0.2, 0.25) is 0 Å². The Bertz CT molecular complexity index is 1060. The minimum atomic E-state index is -4.31. The molecule has 0 aliphatic carbocycles. The Morgan fingerprint density at radius 1 is 1.07 bits per heavy atom. The van der Waals surface area contributed by atoms with Gasteiger partial charge in [-0.15, -0.1) is 4.47 Å². The monoisotopic (exact) mass is 386 g/mol. The first kappa shape index (κ1) is 18.8. The quantitative estimate of drug-likeness (QED) is 0.531. The van der Waals surface area contributed by atoms with E-state index in [1.54, 1.807) is 19.1 Å². The third-order valence-electron chi connectivity index (χ3n) is 4.09. The van der Waals surface area contributed by atoms with Crippen molar-refractivity contribution in [2.75, 3.05) is 0 Å². The van der Waals surface area contributed by atoms with Crippen LogP contribution in [0, 0.1) is 6.92 Å². The summed E-state index contributed by atoms with van der Waals surface area (Å²) in [6.07, 6.45) is -0.131. The number of carbonyl (C=O) groups is 1. The van der Waals surface area contributed by atoms with Gasteiger partial charge in [-0.1, -0.05) is 54.5 Å². The van der Waals surface area contributed by atoms with Crippen molar-refractivity contribution in [1.29, 1.82) is 0 Å². The van der Waals surface area contributed by atoms with Crippen LogP contribution in [0.1, 0.15) is 19.1 Å². The minimum absolute atomic E-state index is 0.131. The molecule has 3 rings (SSSR count). The highest BCUT2D eigenvalue weighted by Gasteiger charge is 2.27. The van der Waals surface area contributed by atoms with Gasteiger partial charge in [-0.3, -0.25) is 10.0 Å². The van der Waals surface area contributed by atoms with Crippen LogP contribution in [0.5, 0.6) is 0 Å². The lowest BCUT2D eigenvalue weighted by molar-refractivity contribution is -0.145. The number of sulfonamides is 1. The molecule has 1 aromatic heterocycles. The highest BCUT2D eigenvalue weighted by atomic mass is 32.2. The van der Waals surface area contributed by atoms with Gasteiger partial charge in [0.1, 0.15) is 11.5 Å². The Morgan fingerprint density at radius 3 is 2.30 bits per heavy atom. The highest BCUT2D eigenvalue weighted by molar-refractivity contribution is 7.89. The molecule has 0 spiro atoms. The zero-order chi connectivity index (χ0) is 19.6. The van der Waals surface area contributed by atoms with Crippen molar-refractivity contribution in [3.8, 4) is 22.4 Å². The SMILES string of the molecule is CCC(=O)N(O)S(=O)(=O)c1ccc(-c2c(-c3ccccc3)noc2C)cc1. The lowest BCUT2D eigenvalue weighted by Crippen LogP contribution is -2.33. The number of aromatic nitrogens is 1. The first-order chi connectivity index (χ1) is 12.9. The third kappa shape index (κ3) is 3.49. The largest absolute Gasteiger partial charge is 0.360 e.